The summed E-state index contributed by atoms with van der Waals surface area (Å²) in [6.07, 6.45) is 4.15. The first kappa shape index (κ1) is 6.44. The minimum Gasteiger partial charge on any atom is -0.396 e. The van der Waals surface area contributed by atoms with Gasteiger partial charge in [0.15, 0.2) is 0 Å². The van der Waals surface area contributed by atoms with Gasteiger partial charge in [0.25, 0.3) is 0 Å². The number of aliphatic hydroxyl groups excluding tert-OH is 1. The Kier molecular flexibility index (Phi) is 1.16. The highest BCUT2D eigenvalue weighted by molar-refractivity contribution is 5.08. The fourth-order valence-corrected chi connectivity index (χ4v) is 2.67. The third kappa shape index (κ3) is 0.859. The Morgan fingerprint density at radius 3 is 2.64 bits per heavy atom. The van der Waals surface area contributed by atoms with Crippen molar-refractivity contribution < 1.29 is 5.11 Å². The molecule has 3 rings (SSSR count). The molecule has 0 aromatic carbocycles. The monoisotopic (exact) mass is 153 g/mol. The number of piperidine rings is 1. The number of hydrogen-bond donors (Lipinski definition) is 1. The first-order valence-corrected chi connectivity index (χ1v) is 4.77. The predicted molar refractivity (Wildman–Crippen MR) is 42.2 cm³/mol. The fourth-order valence-electron chi connectivity index (χ4n) is 2.67. The maximum Gasteiger partial charge on any atom is 0.0474 e. The van der Waals surface area contributed by atoms with Crippen LogP contribution in [-0.2, 0) is 0 Å². The molecule has 2 nitrogen and oxygen atoms in total. The van der Waals surface area contributed by atoms with Crippen LogP contribution in [0.25, 0.3) is 0 Å². The van der Waals surface area contributed by atoms with Crippen LogP contribution in [-0.4, -0.2) is 35.2 Å². The second-order valence-corrected chi connectivity index (χ2v) is 4.34. The number of rotatable bonds is 2. The van der Waals surface area contributed by atoms with E-state index in [0.717, 1.165) is 18.0 Å². The Bertz CT molecular complexity index is 182. The van der Waals surface area contributed by atoms with Gasteiger partial charge in [-0.15, -0.1) is 0 Å². The lowest BCUT2D eigenvalue weighted by Gasteiger charge is -2.16. The molecule has 1 N–H and O–H groups in total. The van der Waals surface area contributed by atoms with Gasteiger partial charge in [-0.1, -0.05) is 0 Å². The van der Waals surface area contributed by atoms with E-state index in [0.29, 0.717) is 12.5 Å². The van der Waals surface area contributed by atoms with Crippen molar-refractivity contribution in [3.05, 3.63) is 0 Å². The van der Waals surface area contributed by atoms with Crippen molar-refractivity contribution in [1.82, 2.24) is 4.90 Å². The van der Waals surface area contributed by atoms with Gasteiger partial charge in [0.2, 0.25) is 0 Å². The smallest absolute Gasteiger partial charge is 0.0474 e. The Morgan fingerprint density at radius 2 is 2.18 bits per heavy atom. The van der Waals surface area contributed by atoms with Gasteiger partial charge >= 0.3 is 0 Å². The molecule has 2 heteroatoms. The van der Waals surface area contributed by atoms with Crippen LogP contribution in [0.1, 0.15) is 19.3 Å². The predicted octanol–water partition coefficient (Wildman–Crippen LogP) is 0.461. The average molecular weight is 153 g/mol. The molecule has 1 saturated heterocycles. The van der Waals surface area contributed by atoms with Crippen LogP contribution in [0.5, 0.6) is 0 Å². The van der Waals surface area contributed by atoms with Crippen LogP contribution in [0.3, 0.4) is 0 Å². The molecule has 1 heterocycles. The number of nitrogens with zero attached hydrogens (tertiary/aromatic N) is 1. The third-order valence-electron chi connectivity index (χ3n) is 3.62. The van der Waals surface area contributed by atoms with E-state index in [9.17, 15) is 0 Å². The van der Waals surface area contributed by atoms with Crippen LogP contribution in [0.4, 0.5) is 0 Å². The van der Waals surface area contributed by atoms with E-state index in [-0.39, 0.29) is 0 Å². The van der Waals surface area contributed by atoms with Crippen molar-refractivity contribution in [2.45, 2.75) is 31.3 Å². The molecule has 4 atom stereocenters. The zero-order chi connectivity index (χ0) is 7.42. The third-order valence-corrected chi connectivity index (χ3v) is 3.62. The molecule has 2 saturated carbocycles. The molecule has 0 radical (unpaired) electrons. The average Bonchev–Trinajstić information content (AvgIpc) is 2.92. The summed E-state index contributed by atoms with van der Waals surface area (Å²) in [7, 11) is 0. The van der Waals surface area contributed by atoms with Gasteiger partial charge in [0.1, 0.15) is 0 Å². The van der Waals surface area contributed by atoms with Gasteiger partial charge in [-0.25, -0.2) is 0 Å². The Morgan fingerprint density at radius 1 is 1.27 bits per heavy atom. The summed E-state index contributed by atoms with van der Waals surface area (Å²) >= 11 is 0. The molecule has 3 aliphatic rings. The zero-order valence-corrected chi connectivity index (χ0v) is 6.74. The fraction of sp³-hybridized carbons (Fsp3) is 1.00. The highest BCUT2D eigenvalue weighted by Gasteiger charge is 2.54. The zero-order valence-electron chi connectivity index (χ0n) is 6.74. The summed E-state index contributed by atoms with van der Waals surface area (Å²) in [5.74, 6) is 1.68. The molecule has 11 heavy (non-hydrogen) atoms. The van der Waals surface area contributed by atoms with Crippen LogP contribution in [0, 0.1) is 11.8 Å². The van der Waals surface area contributed by atoms with Crippen molar-refractivity contribution in [3.8, 4) is 0 Å². The van der Waals surface area contributed by atoms with Gasteiger partial charge in [-0.3, -0.25) is 4.90 Å². The number of aliphatic hydroxyl groups is 1. The van der Waals surface area contributed by atoms with E-state index in [1.807, 2.05) is 0 Å². The lowest BCUT2D eigenvalue weighted by molar-refractivity contribution is 0.226. The van der Waals surface area contributed by atoms with E-state index in [1.165, 1.54) is 25.8 Å². The van der Waals surface area contributed by atoms with Gasteiger partial charge < -0.3 is 5.11 Å². The molecule has 62 valence electrons. The molecular weight excluding hydrogens is 138 g/mol. The van der Waals surface area contributed by atoms with Crippen molar-refractivity contribution in [3.63, 3.8) is 0 Å². The largest absolute Gasteiger partial charge is 0.396 e. The summed E-state index contributed by atoms with van der Waals surface area (Å²) in [5, 5.41) is 8.91. The standard InChI is InChI=1S/C9H15NO/c11-5-7-4-9(7)10-2-1-6-3-8(6)10/h6-9,11H,1-5H2. The van der Waals surface area contributed by atoms with E-state index >= 15 is 0 Å². The van der Waals surface area contributed by atoms with Crippen molar-refractivity contribution in [2.24, 2.45) is 11.8 Å². The molecule has 0 amide bonds. The van der Waals surface area contributed by atoms with Crippen molar-refractivity contribution in [1.29, 1.82) is 0 Å². The summed E-state index contributed by atoms with van der Waals surface area (Å²) < 4.78 is 0. The molecule has 0 bridgehead atoms. The number of fused-ring (bicyclic) bond motifs is 1. The number of hydrogen-bond acceptors (Lipinski definition) is 2. The highest BCUT2D eigenvalue weighted by Crippen LogP contribution is 2.50. The second kappa shape index (κ2) is 1.99. The lowest BCUT2D eigenvalue weighted by Crippen LogP contribution is -2.27. The molecule has 0 aromatic rings. The van der Waals surface area contributed by atoms with Crippen molar-refractivity contribution in [2.75, 3.05) is 13.2 Å². The van der Waals surface area contributed by atoms with Crippen LogP contribution < -0.4 is 0 Å². The maximum atomic E-state index is 8.91. The summed E-state index contributed by atoms with van der Waals surface area (Å²) in [6.45, 7) is 1.73. The second-order valence-electron chi connectivity index (χ2n) is 4.34. The molecular formula is C9H15NO. The SMILES string of the molecule is OCC1CC1N1CCC2CC21. The minimum atomic E-state index is 0.415. The first-order chi connectivity index (χ1) is 5.40. The van der Waals surface area contributed by atoms with E-state index in [1.54, 1.807) is 0 Å². The van der Waals surface area contributed by atoms with Gasteiger partial charge in [-0.2, -0.15) is 0 Å². The Hall–Kier alpha value is -0.0800. The minimum absolute atomic E-state index is 0.415. The van der Waals surface area contributed by atoms with Gasteiger partial charge in [-0.05, 0) is 37.6 Å². The Balaban J connectivity index is 1.63. The quantitative estimate of drug-likeness (QED) is 0.623. The molecule has 4 unspecified atom stereocenters. The molecule has 0 spiro atoms. The number of likely N-dealkylation sites (tertiary alicyclic amines) is 1. The van der Waals surface area contributed by atoms with Gasteiger partial charge in [0, 0.05) is 18.7 Å². The lowest BCUT2D eigenvalue weighted by atomic mass is 10.3. The van der Waals surface area contributed by atoms with E-state index in [4.69, 9.17) is 5.11 Å². The topological polar surface area (TPSA) is 23.5 Å². The van der Waals surface area contributed by atoms with Crippen LogP contribution >= 0.6 is 0 Å². The van der Waals surface area contributed by atoms with Crippen molar-refractivity contribution >= 4 is 0 Å². The Labute approximate surface area is 67.2 Å². The highest BCUT2D eigenvalue weighted by atomic mass is 16.3. The van der Waals surface area contributed by atoms with E-state index in [2.05, 4.69) is 4.90 Å². The first-order valence-electron chi connectivity index (χ1n) is 4.77. The van der Waals surface area contributed by atoms with E-state index < -0.39 is 0 Å². The normalized spacial score (nSPS) is 54.3. The molecule has 0 aromatic heterocycles. The summed E-state index contributed by atoms with van der Waals surface area (Å²) in [6, 6.07) is 1.72. The molecule has 2 aliphatic carbocycles. The van der Waals surface area contributed by atoms with Crippen LogP contribution in [0.15, 0.2) is 0 Å². The molecule has 3 fully saturated rings. The van der Waals surface area contributed by atoms with Crippen LogP contribution in [0.2, 0.25) is 0 Å². The molecule has 1 aliphatic heterocycles. The summed E-state index contributed by atoms with van der Waals surface area (Å²) in [5.41, 5.74) is 0. The maximum absolute atomic E-state index is 8.91. The summed E-state index contributed by atoms with van der Waals surface area (Å²) in [4.78, 5) is 2.64. The van der Waals surface area contributed by atoms with Gasteiger partial charge in [0.05, 0.1) is 0 Å².